The molecule has 0 bridgehead atoms. The Hall–Kier alpha value is -1.76. The SMILES string of the molecule is Cc1nc(N)cc(OC2CCCCC2)c1C#N. The maximum absolute atomic E-state index is 9.11. The first-order chi connectivity index (χ1) is 8.20. The maximum atomic E-state index is 9.11. The molecular weight excluding hydrogens is 214 g/mol. The molecule has 0 amide bonds. The van der Waals surface area contributed by atoms with Crippen molar-refractivity contribution < 1.29 is 4.74 Å². The Morgan fingerprint density at radius 3 is 2.76 bits per heavy atom. The van der Waals surface area contributed by atoms with Gasteiger partial charge >= 0.3 is 0 Å². The third-order valence-electron chi connectivity index (χ3n) is 3.14. The number of nitrogen functional groups attached to an aromatic ring is 1. The van der Waals surface area contributed by atoms with Crippen molar-refractivity contribution >= 4 is 5.82 Å². The Kier molecular flexibility index (Phi) is 3.48. The molecule has 2 N–H and O–H groups in total. The molecule has 0 atom stereocenters. The molecule has 4 nitrogen and oxygen atoms in total. The summed E-state index contributed by atoms with van der Waals surface area (Å²) in [5, 5.41) is 9.11. The second kappa shape index (κ2) is 5.05. The number of rotatable bonds is 2. The molecule has 0 aromatic carbocycles. The van der Waals surface area contributed by atoms with E-state index in [0.29, 0.717) is 22.8 Å². The molecule has 1 aromatic heterocycles. The number of nitriles is 1. The number of nitrogens with two attached hydrogens (primary N) is 1. The number of hydrogen-bond acceptors (Lipinski definition) is 4. The quantitative estimate of drug-likeness (QED) is 0.849. The second-order valence-electron chi connectivity index (χ2n) is 4.50. The molecule has 17 heavy (non-hydrogen) atoms. The molecule has 4 heteroatoms. The minimum atomic E-state index is 0.219. The van der Waals surface area contributed by atoms with Crippen LogP contribution in [0.3, 0.4) is 0 Å². The van der Waals surface area contributed by atoms with E-state index >= 15 is 0 Å². The Morgan fingerprint density at radius 1 is 1.41 bits per heavy atom. The smallest absolute Gasteiger partial charge is 0.143 e. The molecule has 1 aliphatic carbocycles. The lowest BCUT2D eigenvalue weighted by Gasteiger charge is -2.23. The van der Waals surface area contributed by atoms with Crippen LogP contribution in [0.15, 0.2) is 6.07 Å². The van der Waals surface area contributed by atoms with Gasteiger partial charge in [-0.1, -0.05) is 6.42 Å². The zero-order valence-electron chi connectivity index (χ0n) is 10.1. The Balaban J connectivity index is 2.22. The van der Waals surface area contributed by atoms with E-state index in [-0.39, 0.29) is 6.10 Å². The summed E-state index contributed by atoms with van der Waals surface area (Å²) < 4.78 is 5.90. The number of pyridine rings is 1. The summed E-state index contributed by atoms with van der Waals surface area (Å²) in [6.07, 6.45) is 6.02. The van der Waals surface area contributed by atoms with Crippen molar-refractivity contribution in [3.63, 3.8) is 0 Å². The van der Waals surface area contributed by atoms with Crippen molar-refractivity contribution in [1.29, 1.82) is 5.26 Å². The van der Waals surface area contributed by atoms with E-state index in [1.165, 1.54) is 19.3 Å². The van der Waals surface area contributed by atoms with E-state index in [4.69, 9.17) is 15.7 Å². The molecule has 1 heterocycles. The highest BCUT2D eigenvalue weighted by molar-refractivity contribution is 5.51. The average Bonchev–Trinajstić information content (AvgIpc) is 2.30. The van der Waals surface area contributed by atoms with E-state index in [2.05, 4.69) is 11.1 Å². The van der Waals surface area contributed by atoms with Gasteiger partial charge in [-0.2, -0.15) is 5.26 Å². The predicted octanol–water partition coefficient (Wildman–Crippen LogP) is 2.56. The monoisotopic (exact) mass is 231 g/mol. The third kappa shape index (κ3) is 2.68. The van der Waals surface area contributed by atoms with Gasteiger partial charge in [-0.25, -0.2) is 4.98 Å². The first-order valence-electron chi connectivity index (χ1n) is 6.04. The van der Waals surface area contributed by atoms with Gasteiger partial charge in [0, 0.05) is 6.07 Å². The Bertz CT molecular complexity index is 445. The van der Waals surface area contributed by atoms with Crippen molar-refractivity contribution in [3.05, 3.63) is 17.3 Å². The molecule has 1 aliphatic rings. The fourth-order valence-electron chi connectivity index (χ4n) is 2.26. The molecule has 0 spiro atoms. The predicted molar refractivity (Wildman–Crippen MR) is 65.6 cm³/mol. The van der Waals surface area contributed by atoms with Gasteiger partial charge in [-0.05, 0) is 32.6 Å². The Morgan fingerprint density at radius 2 is 2.12 bits per heavy atom. The van der Waals surface area contributed by atoms with Gasteiger partial charge in [-0.3, -0.25) is 0 Å². The van der Waals surface area contributed by atoms with E-state index in [9.17, 15) is 0 Å². The first-order valence-corrected chi connectivity index (χ1v) is 6.04. The highest BCUT2D eigenvalue weighted by Gasteiger charge is 2.18. The third-order valence-corrected chi connectivity index (χ3v) is 3.14. The standard InChI is InChI=1S/C13H17N3O/c1-9-11(8-14)12(7-13(15)16-9)17-10-5-3-2-4-6-10/h7,10H,2-6H2,1H3,(H2,15,16). The summed E-state index contributed by atoms with van der Waals surface area (Å²) >= 11 is 0. The molecule has 2 rings (SSSR count). The fraction of sp³-hybridized carbons (Fsp3) is 0.538. The molecular formula is C13H17N3O. The van der Waals surface area contributed by atoms with Gasteiger partial charge < -0.3 is 10.5 Å². The van der Waals surface area contributed by atoms with Crippen LogP contribution in [0.1, 0.15) is 43.4 Å². The minimum absolute atomic E-state index is 0.219. The Labute approximate surface area is 101 Å². The van der Waals surface area contributed by atoms with Crippen LogP contribution in [0, 0.1) is 18.3 Å². The fourth-order valence-corrected chi connectivity index (χ4v) is 2.26. The van der Waals surface area contributed by atoms with Gasteiger partial charge in [0.25, 0.3) is 0 Å². The van der Waals surface area contributed by atoms with E-state index in [1.807, 2.05) is 0 Å². The van der Waals surface area contributed by atoms with Gasteiger partial charge in [-0.15, -0.1) is 0 Å². The summed E-state index contributed by atoms with van der Waals surface area (Å²) in [7, 11) is 0. The number of aromatic nitrogens is 1. The number of nitrogens with zero attached hydrogens (tertiary/aromatic N) is 2. The van der Waals surface area contributed by atoms with Crippen LogP contribution in [0.4, 0.5) is 5.82 Å². The van der Waals surface area contributed by atoms with Crippen LogP contribution in [0.25, 0.3) is 0 Å². The molecule has 0 radical (unpaired) electrons. The van der Waals surface area contributed by atoms with Crippen LogP contribution < -0.4 is 10.5 Å². The second-order valence-corrected chi connectivity index (χ2v) is 4.50. The highest BCUT2D eigenvalue weighted by atomic mass is 16.5. The van der Waals surface area contributed by atoms with Crippen LogP contribution in [0.5, 0.6) is 5.75 Å². The lowest BCUT2D eigenvalue weighted by molar-refractivity contribution is 0.154. The average molecular weight is 231 g/mol. The zero-order chi connectivity index (χ0) is 12.3. The van der Waals surface area contributed by atoms with Crippen LogP contribution in [0.2, 0.25) is 0 Å². The number of aryl methyl sites for hydroxylation is 1. The molecule has 1 saturated carbocycles. The summed E-state index contributed by atoms with van der Waals surface area (Å²) in [5.74, 6) is 0.997. The lowest BCUT2D eigenvalue weighted by Crippen LogP contribution is -2.20. The number of hydrogen-bond donors (Lipinski definition) is 1. The van der Waals surface area contributed by atoms with E-state index in [0.717, 1.165) is 12.8 Å². The normalized spacial score (nSPS) is 16.5. The van der Waals surface area contributed by atoms with E-state index < -0.39 is 0 Å². The van der Waals surface area contributed by atoms with Gasteiger partial charge in [0.1, 0.15) is 23.2 Å². The summed E-state index contributed by atoms with van der Waals surface area (Å²) in [4.78, 5) is 4.07. The molecule has 0 unspecified atom stereocenters. The maximum Gasteiger partial charge on any atom is 0.143 e. The minimum Gasteiger partial charge on any atom is -0.489 e. The molecule has 0 aliphatic heterocycles. The summed E-state index contributed by atoms with van der Waals surface area (Å²) in [6.45, 7) is 1.78. The highest BCUT2D eigenvalue weighted by Crippen LogP contribution is 2.28. The zero-order valence-corrected chi connectivity index (χ0v) is 10.1. The van der Waals surface area contributed by atoms with Crippen LogP contribution in [-0.2, 0) is 0 Å². The van der Waals surface area contributed by atoms with Crippen LogP contribution >= 0.6 is 0 Å². The van der Waals surface area contributed by atoms with Gasteiger partial charge in [0.15, 0.2) is 0 Å². The molecule has 0 saturated heterocycles. The largest absolute Gasteiger partial charge is 0.489 e. The van der Waals surface area contributed by atoms with Crippen molar-refractivity contribution in [3.8, 4) is 11.8 Å². The lowest BCUT2D eigenvalue weighted by atomic mass is 9.97. The van der Waals surface area contributed by atoms with Crippen LogP contribution in [-0.4, -0.2) is 11.1 Å². The number of ether oxygens (including phenoxy) is 1. The van der Waals surface area contributed by atoms with Gasteiger partial charge in [0.2, 0.25) is 0 Å². The van der Waals surface area contributed by atoms with Gasteiger partial charge in [0.05, 0.1) is 11.8 Å². The van der Waals surface area contributed by atoms with Crippen molar-refractivity contribution in [2.24, 2.45) is 0 Å². The topological polar surface area (TPSA) is 71.9 Å². The molecule has 90 valence electrons. The molecule has 1 aromatic rings. The molecule has 1 fully saturated rings. The summed E-state index contributed by atoms with van der Waals surface area (Å²) in [6, 6.07) is 3.79. The number of anilines is 1. The first kappa shape index (κ1) is 11.7. The van der Waals surface area contributed by atoms with Crippen molar-refractivity contribution in [1.82, 2.24) is 4.98 Å². The van der Waals surface area contributed by atoms with Crippen molar-refractivity contribution in [2.45, 2.75) is 45.1 Å². The van der Waals surface area contributed by atoms with Crippen molar-refractivity contribution in [2.75, 3.05) is 5.73 Å². The van der Waals surface area contributed by atoms with E-state index in [1.54, 1.807) is 13.0 Å². The summed E-state index contributed by atoms with van der Waals surface area (Å²) in [5.41, 5.74) is 6.83.